The zero-order valence-electron chi connectivity index (χ0n) is 9.42. The van der Waals surface area contributed by atoms with Gasteiger partial charge in [-0.2, -0.15) is 0 Å². The number of fused-ring (bicyclic) bond motifs is 1. The molecular weight excluding hydrogens is 184 g/mol. The van der Waals surface area contributed by atoms with E-state index in [9.17, 15) is 0 Å². The lowest BCUT2D eigenvalue weighted by Gasteiger charge is -2.11. The number of benzene rings is 1. The zero-order chi connectivity index (χ0) is 10.7. The average molecular weight is 204 g/mol. The molecule has 0 saturated heterocycles. The molecule has 0 radical (unpaired) electrons. The molecule has 0 fully saturated rings. The third-order valence-corrected chi connectivity index (χ3v) is 3.17. The minimum Gasteiger partial charge on any atom is -0.329 e. The van der Waals surface area contributed by atoms with Gasteiger partial charge < -0.3 is 11.1 Å². The Morgan fingerprint density at radius 1 is 1.33 bits per heavy atom. The van der Waals surface area contributed by atoms with E-state index in [1.807, 2.05) is 0 Å². The molecule has 2 heteroatoms. The van der Waals surface area contributed by atoms with Crippen molar-refractivity contribution in [1.82, 2.24) is 5.32 Å². The van der Waals surface area contributed by atoms with Crippen LogP contribution in [0.5, 0.6) is 0 Å². The molecule has 3 N–H and O–H groups in total. The minimum absolute atomic E-state index is 0.401. The fraction of sp³-hybridized carbons (Fsp3) is 0.538. The number of aryl methyl sites for hydroxylation is 2. The van der Waals surface area contributed by atoms with Gasteiger partial charge in [0.15, 0.2) is 0 Å². The van der Waals surface area contributed by atoms with E-state index >= 15 is 0 Å². The second kappa shape index (κ2) is 4.77. The highest BCUT2D eigenvalue weighted by Crippen LogP contribution is 2.22. The number of hydrogen-bond donors (Lipinski definition) is 2. The molecular formula is C13H20N2. The van der Waals surface area contributed by atoms with Crippen molar-refractivity contribution in [1.29, 1.82) is 0 Å². The van der Waals surface area contributed by atoms with Gasteiger partial charge in [0.05, 0.1) is 0 Å². The van der Waals surface area contributed by atoms with Gasteiger partial charge >= 0.3 is 0 Å². The summed E-state index contributed by atoms with van der Waals surface area (Å²) in [5.74, 6) is 0. The molecule has 1 aromatic carbocycles. The highest BCUT2D eigenvalue weighted by atomic mass is 14.9. The first-order valence-electron chi connectivity index (χ1n) is 5.83. The number of hydrogen-bond acceptors (Lipinski definition) is 2. The van der Waals surface area contributed by atoms with Crippen LogP contribution in [0.15, 0.2) is 18.2 Å². The Bertz CT molecular complexity index is 333. The Labute approximate surface area is 91.9 Å². The van der Waals surface area contributed by atoms with Crippen LogP contribution in [0.2, 0.25) is 0 Å². The van der Waals surface area contributed by atoms with Crippen LogP contribution in [0.25, 0.3) is 0 Å². The first-order chi connectivity index (χ1) is 7.29. The quantitative estimate of drug-likeness (QED) is 0.782. The Morgan fingerprint density at radius 3 is 2.93 bits per heavy atom. The van der Waals surface area contributed by atoms with Crippen molar-refractivity contribution < 1.29 is 0 Å². The summed E-state index contributed by atoms with van der Waals surface area (Å²) in [5.41, 5.74) is 10.0. The molecule has 0 aliphatic heterocycles. The van der Waals surface area contributed by atoms with Gasteiger partial charge in [-0.25, -0.2) is 0 Å². The molecule has 15 heavy (non-hydrogen) atoms. The van der Waals surface area contributed by atoms with E-state index in [0.29, 0.717) is 12.6 Å². The molecule has 0 saturated carbocycles. The van der Waals surface area contributed by atoms with Gasteiger partial charge in [-0.15, -0.1) is 0 Å². The third-order valence-electron chi connectivity index (χ3n) is 3.17. The van der Waals surface area contributed by atoms with E-state index in [4.69, 9.17) is 5.73 Å². The summed E-state index contributed by atoms with van der Waals surface area (Å²) in [6.07, 6.45) is 3.85. The van der Waals surface area contributed by atoms with Gasteiger partial charge in [0.1, 0.15) is 0 Å². The standard InChI is InChI=1S/C13H20N2/c1-10(8-14)15-9-11-5-6-12-3-2-4-13(12)7-11/h5-7,10,15H,2-4,8-9,14H2,1H3. The van der Waals surface area contributed by atoms with Crippen molar-refractivity contribution in [3.8, 4) is 0 Å². The fourth-order valence-corrected chi connectivity index (χ4v) is 2.11. The van der Waals surface area contributed by atoms with E-state index in [-0.39, 0.29) is 0 Å². The lowest BCUT2D eigenvalue weighted by Crippen LogP contribution is -2.32. The first kappa shape index (κ1) is 10.7. The monoisotopic (exact) mass is 204 g/mol. The van der Waals surface area contributed by atoms with E-state index in [1.54, 1.807) is 11.1 Å². The Kier molecular flexibility index (Phi) is 3.39. The lowest BCUT2D eigenvalue weighted by molar-refractivity contribution is 0.556. The molecule has 0 bridgehead atoms. The minimum atomic E-state index is 0.401. The van der Waals surface area contributed by atoms with Crippen molar-refractivity contribution in [2.75, 3.05) is 6.54 Å². The van der Waals surface area contributed by atoms with Crippen molar-refractivity contribution in [2.24, 2.45) is 5.73 Å². The van der Waals surface area contributed by atoms with E-state index in [1.165, 1.54) is 24.8 Å². The molecule has 82 valence electrons. The maximum absolute atomic E-state index is 5.56. The van der Waals surface area contributed by atoms with Crippen LogP contribution >= 0.6 is 0 Å². The van der Waals surface area contributed by atoms with E-state index in [0.717, 1.165) is 6.54 Å². The average Bonchev–Trinajstić information content (AvgIpc) is 2.72. The molecule has 0 heterocycles. The number of nitrogens with one attached hydrogen (secondary N) is 1. The third kappa shape index (κ3) is 2.58. The molecule has 0 spiro atoms. The van der Waals surface area contributed by atoms with Crippen LogP contribution in [-0.4, -0.2) is 12.6 Å². The molecule has 0 aromatic heterocycles. The summed E-state index contributed by atoms with van der Waals surface area (Å²) in [6, 6.07) is 7.27. The lowest BCUT2D eigenvalue weighted by atomic mass is 10.1. The molecule has 2 nitrogen and oxygen atoms in total. The van der Waals surface area contributed by atoms with Crippen LogP contribution in [0, 0.1) is 0 Å². The Hall–Kier alpha value is -0.860. The van der Waals surface area contributed by atoms with Gasteiger partial charge in [0.25, 0.3) is 0 Å². The summed E-state index contributed by atoms with van der Waals surface area (Å²) >= 11 is 0. The highest BCUT2D eigenvalue weighted by molar-refractivity contribution is 5.35. The van der Waals surface area contributed by atoms with Gasteiger partial charge in [0.2, 0.25) is 0 Å². The Balaban J connectivity index is 1.98. The maximum Gasteiger partial charge on any atom is 0.0208 e. The van der Waals surface area contributed by atoms with Crippen molar-refractivity contribution in [3.05, 3.63) is 34.9 Å². The molecule has 1 atom stereocenters. The topological polar surface area (TPSA) is 38.0 Å². The van der Waals surface area contributed by atoms with Crippen LogP contribution in [0.4, 0.5) is 0 Å². The zero-order valence-corrected chi connectivity index (χ0v) is 9.42. The molecule has 1 aliphatic rings. The summed E-state index contributed by atoms with van der Waals surface area (Å²) in [7, 11) is 0. The summed E-state index contributed by atoms with van der Waals surface area (Å²) < 4.78 is 0. The van der Waals surface area contributed by atoms with Crippen LogP contribution < -0.4 is 11.1 Å². The predicted molar refractivity (Wildman–Crippen MR) is 63.8 cm³/mol. The van der Waals surface area contributed by atoms with Gasteiger partial charge in [0, 0.05) is 19.1 Å². The largest absolute Gasteiger partial charge is 0.329 e. The van der Waals surface area contributed by atoms with Crippen molar-refractivity contribution >= 4 is 0 Å². The molecule has 1 aromatic rings. The molecule has 2 rings (SSSR count). The van der Waals surface area contributed by atoms with E-state index in [2.05, 4.69) is 30.4 Å². The predicted octanol–water partition coefficient (Wildman–Crippen LogP) is 1.61. The molecule has 0 amide bonds. The highest BCUT2D eigenvalue weighted by Gasteiger charge is 2.10. The normalized spacial score (nSPS) is 16.4. The van der Waals surface area contributed by atoms with Crippen LogP contribution in [0.3, 0.4) is 0 Å². The Morgan fingerprint density at radius 2 is 2.13 bits per heavy atom. The molecule has 1 unspecified atom stereocenters. The number of rotatable bonds is 4. The number of nitrogens with two attached hydrogens (primary N) is 1. The van der Waals surface area contributed by atoms with Gasteiger partial charge in [-0.05, 0) is 42.9 Å². The van der Waals surface area contributed by atoms with Crippen molar-refractivity contribution in [3.63, 3.8) is 0 Å². The van der Waals surface area contributed by atoms with Crippen LogP contribution in [0.1, 0.15) is 30.0 Å². The second-order valence-corrected chi connectivity index (χ2v) is 4.47. The first-order valence-corrected chi connectivity index (χ1v) is 5.83. The maximum atomic E-state index is 5.56. The van der Waals surface area contributed by atoms with Gasteiger partial charge in [-0.1, -0.05) is 18.2 Å². The van der Waals surface area contributed by atoms with Crippen molar-refractivity contribution in [2.45, 2.75) is 38.8 Å². The SMILES string of the molecule is CC(CN)NCc1ccc2c(c1)CCC2. The summed E-state index contributed by atoms with van der Waals surface area (Å²) in [6.45, 7) is 3.75. The molecule has 1 aliphatic carbocycles. The summed E-state index contributed by atoms with van der Waals surface area (Å²) in [5, 5.41) is 3.41. The fourth-order valence-electron chi connectivity index (χ4n) is 2.11. The summed E-state index contributed by atoms with van der Waals surface area (Å²) in [4.78, 5) is 0. The van der Waals surface area contributed by atoms with E-state index < -0.39 is 0 Å². The van der Waals surface area contributed by atoms with Gasteiger partial charge in [-0.3, -0.25) is 0 Å². The van der Waals surface area contributed by atoms with Crippen LogP contribution in [-0.2, 0) is 19.4 Å². The smallest absolute Gasteiger partial charge is 0.0208 e. The second-order valence-electron chi connectivity index (χ2n) is 4.47.